The van der Waals surface area contributed by atoms with Crippen LogP contribution in [0.15, 0.2) is 255 Å². The maximum atomic E-state index is 14.3. The van der Waals surface area contributed by atoms with E-state index in [4.69, 9.17) is 57.6 Å². The third kappa shape index (κ3) is 20.1. The quantitative estimate of drug-likeness (QED) is 0.0439. The zero-order valence-electron chi connectivity index (χ0n) is 74.0. The molecule has 1 aliphatic heterocycles. The molecule has 0 amide bonds. The van der Waals surface area contributed by atoms with E-state index in [0.717, 1.165) is 119 Å². The van der Waals surface area contributed by atoms with Gasteiger partial charge in [-0.05, 0) is 211 Å². The Morgan fingerprint density at radius 1 is 0.323 bits per heavy atom. The predicted octanol–water partition coefficient (Wildman–Crippen LogP) is 16.7. The fraction of sp³-hybridized carbons (Fsp3) is 0.202. The minimum Gasteiger partial charge on any atom is -0.497 e. The van der Waals surface area contributed by atoms with Gasteiger partial charge in [-0.1, -0.05) is 48.5 Å². The molecule has 0 aliphatic carbocycles. The molecule has 668 valence electrons. The van der Waals surface area contributed by atoms with E-state index in [9.17, 15) is 4.39 Å². The number of fused-ring (bicyclic) bond motifs is 8. The lowest BCUT2D eigenvalue weighted by Gasteiger charge is -2.14. The molecule has 33 nitrogen and oxygen atoms in total. The summed E-state index contributed by atoms with van der Waals surface area (Å²) in [5.41, 5.74) is 14.9. The summed E-state index contributed by atoms with van der Waals surface area (Å²) in [6, 6.07) is 70.7. The van der Waals surface area contributed by atoms with E-state index < -0.39 is 5.82 Å². The second-order valence-electron chi connectivity index (χ2n) is 30.9. The molecule has 1 aliphatic rings. The fourth-order valence-corrected chi connectivity index (χ4v) is 15.1. The Kier molecular flexibility index (Phi) is 26.4. The molecule has 1 fully saturated rings. The second kappa shape index (κ2) is 40.4. The van der Waals surface area contributed by atoms with Gasteiger partial charge in [0.15, 0.2) is 57.5 Å². The van der Waals surface area contributed by atoms with Crippen molar-refractivity contribution < 1.29 is 51.8 Å². The van der Waals surface area contributed by atoms with E-state index in [0.29, 0.717) is 93.5 Å². The highest BCUT2D eigenvalue weighted by Crippen LogP contribution is 2.35. The average Bonchev–Trinajstić information content (AvgIpc) is 1.68. The van der Waals surface area contributed by atoms with Crippen LogP contribution in [-0.2, 0) is 39.5 Å². The minimum atomic E-state index is -0.440. The third-order valence-corrected chi connectivity index (χ3v) is 21.8. The van der Waals surface area contributed by atoms with E-state index in [2.05, 4.69) is 148 Å². The predicted molar refractivity (Wildman–Crippen MR) is 497 cm³/mol. The molecular weight excluding hydrogens is 1690 g/mol. The molecule has 13 aromatic heterocycles. The molecule has 14 heterocycles. The van der Waals surface area contributed by atoms with E-state index >= 15 is 0 Å². The van der Waals surface area contributed by atoms with Crippen LogP contribution in [0, 0.1) is 5.82 Å². The Bertz CT molecular complexity index is 7490. The first kappa shape index (κ1) is 87.1. The van der Waals surface area contributed by atoms with Crippen LogP contribution in [0.3, 0.4) is 0 Å². The Labute approximate surface area is 761 Å². The van der Waals surface area contributed by atoms with Gasteiger partial charge in [-0.15, -0.1) is 40.8 Å². The van der Waals surface area contributed by atoms with Crippen LogP contribution in [-0.4, -0.2) is 183 Å². The smallest absolute Gasteiger partial charge is 0.213 e. The van der Waals surface area contributed by atoms with Gasteiger partial charge in [0.05, 0.1) is 86.5 Å². The van der Waals surface area contributed by atoms with E-state index in [1.165, 1.54) is 43.1 Å². The number of aromatic nitrogens is 21. The largest absolute Gasteiger partial charge is 0.497 e. The summed E-state index contributed by atoms with van der Waals surface area (Å²) in [5.74, 6) is 8.45. The summed E-state index contributed by atoms with van der Waals surface area (Å²) < 4.78 is 77.2. The van der Waals surface area contributed by atoms with Crippen molar-refractivity contribution in [2.45, 2.75) is 66.2 Å². The van der Waals surface area contributed by atoms with Gasteiger partial charge in [0.25, 0.3) is 0 Å². The van der Waals surface area contributed by atoms with Gasteiger partial charge < -0.3 is 52.3 Å². The first-order valence-electron chi connectivity index (χ1n) is 42.9. The van der Waals surface area contributed by atoms with Gasteiger partial charge in [-0.2, -0.15) is 38.5 Å². The minimum absolute atomic E-state index is 0.139. The third-order valence-electron chi connectivity index (χ3n) is 21.8. The van der Waals surface area contributed by atoms with E-state index in [-0.39, 0.29) is 32.2 Å². The van der Waals surface area contributed by atoms with Crippen LogP contribution in [0.1, 0.15) is 61.1 Å². The van der Waals surface area contributed by atoms with Crippen LogP contribution >= 0.6 is 0 Å². The van der Waals surface area contributed by atoms with E-state index in [1.807, 2.05) is 153 Å². The topological polar surface area (TPSA) is 336 Å². The van der Waals surface area contributed by atoms with Crippen LogP contribution < -0.4 is 47.4 Å². The van der Waals surface area contributed by atoms with Crippen molar-refractivity contribution in [3.05, 3.63) is 296 Å². The summed E-state index contributed by atoms with van der Waals surface area (Å²) in [6.45, 7) is 9.80. The second-order valence-corrected chi connectivity index (χ2v) is 30.9. The highest BCUT2D eigenvalue weighted by Gasteiger charge is 2.21. The molecule has 7 aromatic carbocycles. The lowest BCUT2D eigenvalue weighted by molar-refractivity contribution is 0.296. The lowest BCUT2D eigenvalue weighted by Crippen LogP contribution is -2.18. The summed E-state index contributed by atoms with van der Waals surface area (Å²) in [7, 11) is 10.6. The molecule has 133 heavy (non-hydrogen) atoms. The van der Waals surface area contributed by atoms with Gasteiger partial charge in [0.2, 0.25) is 5.88 Å². The number of likely N-dealkylation sites (tertiary alicyclic amines) is 1. The van der Waals surface area contributed by atoms with Crippen molar-refractivity contribution in [1.82, 2.24) is 114 Å². The van der Waals surface area contributed by atoms with Gasteiger partial charge in [0.1, 0.15) is 72.4 Å². The van der Waals surface area contributed by atoms with Crippen molar-refractivity contribution in [3.63, 3.8) is 0 Å². The number of ether oxygens (including phenoxy) is 10. The Morgan fingerprint density at radius 3 is 1.01 bits per heavy atom. The first-order valence-corrected chi connectivity index (χ1v) is 42.9. The number of benzene rings is 7. The van der Waals surface area contributed by atoms with Gasteiger partial charge in [0, 0.05) is 118 Å². The van der Waals surface area contributed by atoms with E-state index in [1.54, 1.807) is 108 Å². The monoisotopic (exact) mass is 1780 g/mol. The molecule has 34 heteroatoms. The Morgan fingerprint density at radius 2 is 0.669 bits per heavy atom. The molecule has 0 atom stereocenters. The maximum absolute atomic E-state index is 14.3. The van der Waals surface area contributed by atoms with Crippen molar-refractivity contribution in [2.75, 3.05) is 68.8 Å². The number of hydrogen-bond donors (Lipinski definition) is 0. The standard InChI is InChI=1S/C27H26N6O2.C25H24N6O2.C24H20FN5O3.C23H20N6O3/c1-34-21-8-9-22-24(16-21)28-13-12-25(22)35-18-27-30-29-26-11-10-23(31-33(26)27)20-6-4-19(5-7-20)17-32-14-2-3-15-32;1-30(2)15-17-4-6-18(7-5-17)21-10-11-24-27-28-25(31(24)29-21)16-33-23-12-13-26-22-14-19(32-3)8-9-20(22)23;1-3-32-22-8-4-15(12-18(22)25)19-7-9-23-27-28-24(30(23)29-19)14-33-21-10-11-26-20-13-16(31-2)5-6-17(20)21;1-3-31-23-9-4-15(13-25-23)18-7-8-21-26-27-22(29(21)28-18)14-32-20-10-11-24-19-12-16(30-2)5-6-17(19)20/h4-13,16H,2-3,14-15,17-18H2,1H3;4-14H,15-16H2,1-3H3;4-13H,3,14H2,1-2H3;4-13H,3,14H2,1-2H3. The lowest BCUT2D eigenvalue weighted by atomic mass is 10.1. The molecule has 0 saturated carbocycles. The average molecular weight is 1780 g/mol. The number of rotatable bonds is 28. The molecular formula is C99H90FN23O10. The summed E-state index contributed by atoms with van der Waals surface area (Å²) in [4.78, 5) is 26.5. The van der Waals surface area contributed by atoms with Crippen molar-refractivity contribution in [3.8, 4) is 103 Å². The van der Waals surface area contributed by atoms with Crippen LogP contribution in [0.25, 0.3) is 111 Å². The van der Waals surface area contributed by atoms with Crippen LogP contribution in [0.4, 0.5) is 4.39 Å². The molecule has 0 N–H and O–H groups in total. The molecule has 1 saturated heterocycles. The van der Waals surface area contributed by atoms with Crippen molar-refractivity contribution in [1.29, 1.82) is 0 Å². The summed E-state index contributed by atoms with van der Waals surface area (Å²) >= 11 is 0. The van der Waals surface area contributed by atoms with Gasteiger partial charge in [-0.25, -0.2) is 9.37 Å². The van der Waals surface area contributed by atoms with Crippen LogP contribution in [0.5, 0.6) is 57.6 Å². The maximum Gasteiger partial charge on any atom is 0.213 e. The first-order chi connectivity index (χ1) is 65.3. The molecule has 0 radical (unpaired) electrons. The normalized spacial score (nSPS) is 12.0. The van der Waals surface area contributed by atoms with Crippen molar-refractivity contribution >= 4 is 66.2 Å². The summed E-state index contributed by atoms with van der Waals surface area (Å²) in [5, 5.41) is 56.3. The number of hydrogen-bond acceptors (Lipinski definition) is 29. The number of pyridine rings is 5. The molecule has 0 spiro atoms. The summed E-state index contributed by atoms with van der Waals surface area (Å²) in [6.07, 6.45) is 11.2. The Balaban J connectivity index is 0.000000119. The van der Waals surface area contributed by atoms with Gasteiger partial charge >= 0.3 is 0 Å². The van der Waals surface area contributed by atoms with Crippen molar-refractivity contribution in [2.24, 2.45) is 0 Å². The highest BCUT2D eigenvalue weighted by molar-refractivity contribution is 5.89. The Hall–Kier alpha value is -16.6. The van der Waals surface area contributed by atoms with Gasteiger partial charge in [-0.3, -0.25) is 24.8 Å². The molecule has 21 rings (SSSR count). The molecule has 0 unspecified atom stereocenters. The molecule has 0 bridgehead atoms. The molecule has 20 aromatic rings. The number of methoxy groups -OCH3 is 4. The zero-order chi connectivity index (χ0) is 91.1. The number of nitrogens with zero attached hydrogens (tertiary/aromatic N) is 23. The number of halogens is 1. The zero-order valence-corrected chi connectivity index (χ0v) is 74.0. The van der Waals surface area contributed by atoms with Crippen LogP contribution in [0.2, 0.25) is 0 Å². The SMILES string of the molecule is CCOc1ccc(-c2ccc3nnc(COc4ccnc5cc(OC)ccc45)n3n2)cc1F.CCOc1ccc(-c2ccc3nnc(COc4ccnc5cc(OC)ccc45)n3n2)cn1.COc1ccc2c(OCc3nnc4ccc(-c5ccc(CN(C)C)cc5)nn34)ccnc2c1.COc1ccc2c(OCc3nnc4ccc(-c5ccc(CN6CCCC6)cc5)nn34)ccnc2c1. The highest BCUT2D eigenvalue weighted by atomic mass is 19.1. The fourth-order valence-electron chi connectivity index (χ4n) is 15.1.